The Balaban J connectivity index is 2.25. The molecule has 0 radical (unpaired) electrons. The lowest BCUT2D eigenvalue weighted by Crippen LogP contribution is -2.45. The number of aliphatic hydroxyl groups is 2. The van der Waals surface area contributed by atoms with Crippen molar-refractivity contribution in [1.29, 1.82) is 0 Å². The van der Waals surface area contributed by atoms with E-state index in [4.69, 9.17) is 9.63 Å². The molecular formula is C20H36N2O4. The van der Waals surface area contributed by atoms with Crippen molar-refractivity contribution in [3.8, 4) is 0 Å². The summed E-state index contributed by atoms with van der Waals surface area (Å²) in [7, 11) is 0. The average molecular weight is 369 g/mol. The lowest BCUT2D eigenvalue weighted by Gasteiger charge is -2.24. The van der Waals surface area contributed by atoms with Crippen LogP contribution in [0.3, 0.4) is 0 Å². The van der Waals surface area contributed by atoms with Gasteiger partial charge in [-0.3, -0.25) is 4.79 Å². The first kappa shape index (κ1) is 22.6. The zero-order valence-electron chi connectivity index (χ0n) is 16.4. The lowest BCUT2D eigenvalue weighted by atomic mass is 10.0. The van der Waals surface area contributed by atoms with Crippen molar-refractivity contribution in [3.05, 3.63) is 17.5 Å². The third kappa shape index (κ3) is 8.81. The summed E-state index contributed by atoms with van der Waals surface area (Å²) in [6.45, 7) is 3.28. The summed E-state index contributed by atoms with van der Waals surface area (Å²) in [4.78, 5) is 11.3. The minimum Gasteiger partial charge on any atom is -0.396 e. The molecule has 0 aliphatic heterocycles. The van der Waals surface area contributed by atoms with Crippen LogP contribution < -0.4 is 5.32 Å². The molecule has 150 valence electrons. The van der Waals surface area contributed by atoms with Crippen molar-refractivity contribution in [2.24, 2.45) is 0 Å². The zero-order chi connectivity index (χ0) is 19.3. The van der Waals surface area contributed by atoms with Gasteiger partial charge in [0.15, 0.2) is 5.76 Å². The summed E-state index contributed by atoms with van der Waals surface area (Å²) in [5.74, 6) is -0.225. The Kier molecular flexibility index (Phi) is 11.2. The fraction of sp³-hybridized carbons (Fsp3) is 0.800. The highest BCUT2D eigenvalue weighted by atomic mass is 16.5. The van der Waals surface area contributed by atoms with E-state index in [9.17, 15) is 9.90 Å². The molecule has 0 aromatic carbocycles. The molecule has 26 heavy (non-hydrogen) atoms. The fourth-order valence-electron chi connectivity index (χ4n) is 3.12. The van der Waals surface area contributed by atoms with E-state index >= 15 is 0 Å². The Morgan fingerprint density at radius 3 is 2.23 bits per heavy atom. The number of rotatable bonds is 15. The maximum atomic E-state index is 11.3. The van der Waals surface area contributed by atoms with Crippen LogP contribution in [-0.4, -0.2) is 27.9 Å². The molecule has 3 N–H and O–H groups in total. The summed E-state index contributed by atoms with van der Waals surface area (Å²) in [6.07, 6.45) is 13.5. The maximum Gasteiger partial charge on any atom is 0.219 e. The van der Waals surface area contributed by atoms with E-state index in [1.165, 1.54) is 58.3 Å². The second kappa shape index (κ2) is 12.9. The van der Waals surface area contributed by atoms with Crippen LogP contribution >= 0.6 is 0 Å². The van der Waals surface area contributed by atoms with Crippen molar-refractivity contribution < 1.29 is 19.5 Å². The molecule has 0 bridgehead atoms. The summed E-state index contributed by atoms with van der Waals surface area (Å²) in [5.41, 5.74) is -0.940. The quantitative estimate of drug-likeness (QED) is 0.323. The predicted molar refractivity (Wildman–Crippen MR) is 101 cm³/mol. The largest absolute Gasteiger partial charge is 0.396 e. The van der Waals surface area contributed by atoms with Crippen LogP contribution in [0.15, 0.2) is 10.6 Å². The first-order valence-corrected chi connectivity index (χ1v) is 10.1. The van der Waals surface area contributed by atoms with E-state index in [-0.39, 0.29) is 18.8 Å². The van der Waals surface area contributed by atoms with Gasteiger partial charge in [0, 0.05) is 26.0 Å². The highest BCUT2D eigenvalue weighted by molar-refractivity contribution is 5.73. The summed E-state index contributed by atoms with van der Waals surface area (Å²) in [5, 5.41) is 26.0. The van der Waals surface area contributed by atoms with Gasteiger partial charge in [-0.05, 0) is 12.8 Å². The molecule has 6 heteroatoms. The normalized spacial score (nSPS) is 13.5. The topological polar surface area (TPSA) is 95.6 Å². The van der Waals surface area contributed by atoms with Crippen LogP contribution in [0.25, 0.3) is 0 Å². The first-order valence-electron chi connectivity index (χ1n) is 10.1. The average Bonchev–Trinajstić information content (AvgIpc) is 3.06. The van der Waals surface area contributed by atoms with E-state index in [0.29, 0.717) is 0 Å². The number of carbonyl (C=O) groups excluding carboxylic acids is 1. The Morgan fingerprint density at radius 1 is 1.12 bits per heavy atom. The van der Waals surface area contributed by atoms with E-state index in [0.717, 1.165) is 25.0 Å². The summed E-state index contributed by atoms with van der Waals surface area (Å²) < 4.78 is 5.20. The zero-order valence-corrected chi connectivity index (χ0v) is 16.4. The second-order valence-corrected chi connectivity index (χ2v) is 7.13. The van der Waals surface area contributed by atoms with Crippen molar-refractivity contribution in [2.75, 3.05) is 6.61 Å². The number of nitrogens with zero attached hydrogens (tertiary/aromatic N) is 1. The van der Waals surface area contributed by atoms with Crippen molar-refractivity contribution in [1.82, 2.24) is 10.5 Å². The molecule has 0 aliphatic carbocycles. The molecule has 1 heterocycles. The van der Waals surface area contributed by atoms with Gasteiger partial charge in [0.2, 0.25) is 11.6 Å². The van der Waals surface area contributed by atoms with Gasteiger partial charge < -0.3 is 20.1 Å². The molecule has 1 rings (SSSR count). The Hall–Kier alpha value is -1.40. The number of aryl methyl sites for hydroxylation is 1. The van der Waals surface area contributed by atoms with Crippen molar-refractivity contribution in [2.45, 2.75) is 96.6 Å². The Morgan fingerprint density at radius 2 is 1.69 bits per heavy atom. The molecule has 0 fully saturated rings. The molecule has 6 nitrogen and oxygen atoms in total. The van der Waals surface area contributed by atoms with Crippen LogP contribution in [0.5, 0.6) is 0 Å². The van der Waals surface area contributed by atoms with Crippen LogP contribution in [0.1, 0.15) is 95.9 Å². The fourth-order valence-corrected chi connectivity index (χ4v) is 3.12. The van der Waals surface area contributed by atoms with Crippen LogP contribution in [0.2, 0.25) is 0 Å². The number of amides is 1. The molecule has 1 amide bonds. The van der Waals surface area contributed by atoms with E-state index in [2.05, 4.69) is 17.4 Å². The standard InChI is InChI=1S/C20H36N2O4/c1-3-4-5-6-7-8-9-10-11-12-13-18-16-19(26-22-18)20(25,14-15-23)21-17(2)24/h16,23,25H,3-15H2,1-2H3,(H,21,24). The molecule has 1 aromatic heterocycles. The van der Waals surface area contributed by atoms with Gasteiger partial charge in [-0.2, -0.15) is 0 Å². The number of unbranched alkanes of at least 4 members (excludes halogenated alkanes) is 9. The van der Waals surface area contributed by atoms with Gasteiger partial charge in [0.25, 0.3) is 0 Å². The lowest BCUT2D eigenvalue weighted by molar-refractivity contribution is -0.130. The second-order valence-electron chi connectivity index (χ2n) is 7.13. The van der Waals surface area contributed by atoms with Gasteiger partial charge in [-0.25, -0.2) is 0 Å². The molecule has 1 aromatic rings. The molecular weight excluding hydrogens is 332 g/mol. The van der Waals surface area contributed by atoms with Gasteiger partial charge in [0.05, 0.1) is 5.69 Å². The SMILES string of the molecule is CCCCCCCCCCCCc1cc(C(O)(CCO)NC(C)=O)on1. The minimum absolute atomic E-state index is 0.0422. The molecule has 1 atom stereocenters. The monoisotopic (exact) mass is 368 g/mol. The number of carbonyl (C=O) groups is 1. The summed E-state index contributed by atoms with van der Waals surface area (Å²) in [6, 6.07) is 1.67. The molecule has 0 saturated carbocycles. The number of hydrogen-bond donors (Lipinski definition) is 3. The molecule has 1 unspecified atom stereocenters. The highest BCUT2D eigenvalue weighted by Gasteiger charge is 2.34. The van der Waals surface area contributed by atoms with E-state index in [1.54, 1.807) is 6.07 Å². The van der Waals surface area contributed by atoms with Gasteiger partial charge in [0.1, 0.15) is 0 Å². The minimum atomic E-state index is -1.70. The van der Waals surface area contributed by atoms with Crippen molar-refractivity contribution in [3.63, 3.8) is 0 Å². The Labute approximate surface area is 157 Å². The summed E-state index contributed by atoms with van der Waals surface area (Å²) >= 11 is 0. The third-order valence-electron chi connectivity index (χ3n) is 4.61. The van der Waals surface area contributed by atoms with E-state index in [1.807, 2.05) is 0 Å². The van der Waals surface area contributed by atoms with Crippen LogP contribution in [0, 0.1) is 0 Å². The molecule has 0 spiro atoms. The maximum absolute atomic E-state index is 11.3. The predicted octanol–water partition coefficient (Wildman–Crippen LogP) is 3.80. The highest BCUT2D eigenvalue weighted by Crippen LogP contribution is 2.23. The van der Waals surface area contributed by atoms with E-state index < -0.39 is 11.6 Å². The van der Waals surface area contributed by atoms with Crippen LogP contribution in [-0.2, 0) is 16.9 Å². The van der Waals surface area contributed by atoms with Gasteiger partial charge >= 0.3 is 0 Å². The Bertz CT molecular complexity index is 504. The molecule has 0 aliphatic rings. The van der Waals surface area contributed by atoms with Crippen LogP contribution in [0.4, 0.5) is 0 Å². The number of aromatic nitrogens is 1. The van der Waals surface area contributed by atoms with Gasteiger partial charge in [-0.15, -0.1) is 0 Å². The van der Waals surface area contributed by atoms with Crippen molar-refractivity contribution >= 4 is 5.91 Å². The van der Waals surface area contributed by atoms with Gasteiger partial charge in [-0.1, -0.05) is 69.9 Å². The third-order valence-corrected chi connectivity index (χ3v) is 4.61. The number of nitrogens with one attached hydrogen (secondary N) is 1. The number of hydrogen-bond acceptors (Lipinski definition) is 5. The smallest absolute Gasteiger partial charge is 0.219 e. The number of aliphatic hydroxyl groups excluding tert-OH is 1. The first-order chi connectivity index (χ1) is 12.5. The molecule has 0 saturated heterocycles.